The van der Waals surface area contributed by atoms with E-state index in [1.54, 1.807) is 50.2 Å². The predicted molar refractivity (Wildman–Crippen MR) is 101 cm³/mol. The molecule has 0 aliphatic heterocycles. The maximum absolute atomic E-state index is 13.0. The second-order valence-electron chi connectivity index (χ2n) is 5.68. The number of rotatable bonds is 3. The van der Waals surface area contributed by atoms with Gasteiger partial charge in [0.1, 0.15) is 11.3 Å². The molecule has 0 saturated carbocycles. The van der Waals surface area contributed by atoms with Crippen molar-refractivity contribution >= 4 is 34.1 Å². The molecule has 0 unspecified atom stereocenters. The minimum Gasteiger partial charge on any atom is -1.00 e. The van der Waals surface area contributed by atoms with Crippen LogP contribution in [0.3, 0.4) is 0 Å². The van der Waals surface area contributed by atoms with Gasteiger partial charge in [0.25, 0.3) is 11.5 Å². The Hall–Kier alpha value is -1.79. The molecule has 1 amide bonds. The van der Waals surface area contributed by atoms with Gasteiger partial charge in [-0.05, 0) is 37.6 Å². The Kier molecular flexibility index (Phi) is 6.53. The van der Waals surface area contributed by atoms with Crippen LogP contribution in [0.4, 0.5) is 5.69 Å². The average Bonchev–Trinajstić information content (AvgIpc) is 2.59. The summed E-state index contributed by atoms with van der Waals surface area (Å²) in [4.78, 5) is 29.5. The first kappa shape index (κ1) is 20.5. The number of nitrogens with zero attached hydrogens (tertiary/aromatic N) is 1. The van der Waals surface area contributed by atoms with Crippen molar-refractivity contribution in [2.24, 2.45) is 0 Å². The third-order valence-corrected chi connectivity index (χ3v) is 4.61. The minimum atomic E-state index is -0.649. The molecule has 0 aliphatic rings. The summed E-state index contributed by atoms with van der Waals surface area (Å²) >= 11 is 6.28. The number of carbonyl (C=O) groups excluding carboxylic acids is 1. The van der Waals surface area contributed by atoms with Gasteiger partial charge in [-0.1, -0.05) is 35.9 Å². The first-order valence-corrected chi connectivity index (χ1v) is 8.24. The molecular weight excluding hydrogens is 363 g/mol. The van der Waals surface area contributed by atoms with E-state index in [-0.39, 0.29) is 41.9 Å². The molecule has 1 heterocycles. The third-order valence-electron chi connectivity index (χ3n) is 4.13. The Balaban J connectivity index is 0.00000182. The number of H-pyrrole nitrogens is 1. The summed E-state index contributed by atoms with van der Waals surface area (Å²) in [5, 5.41) is 11.2. The Morgan fingerprint density at radius 3 is 2.50 bits per heavy atom. The molecule has 0 radical (unpaired) electrons. The Labute approximate surface area is 179 Å². The summed E-state index contributed by atoms with van der Waals surface area (Å²) < 4.78 is 0. The number of aromatic amines is 1. The fourth-order valence-electron chi connectivity index (χ4n) is 2.82. The van der Waals surface area contributed by atoms with Gasteiger partial charge in [0.2, 0.25) is 0 Å². The van der Waals surface area contributed by atoms with Gasteiger partial charge in [-0.3, -0.25) is 9.59 Å². The number of carbonyl (C=O) groups is 1. The van der Waals surface area contributed by atoms with Crippen molar-refractivity contribution < 1.29 is 40.9 Å². The molecule has 3 rings (SSSR count). The van der Waals surface area contributed by atoms with Gasteiger partial charge in [0.15, 0.2) is 0 Å². The molecule has 2 aromatic carbocycles. The number of halogens is 1. The van der Waals surface area contributed by atoms with Gasteiger partial charge in [-0.2, -0.15) is 0 Å². The monoisotopic (exact) mass is 380 g/mol. The number of anilines is 1. The van der Waals surface area contributed by atoms with E-state index < -0.39 is 17.2 Å². The number of hydrogen-bond acceptors (Lipinski definition) is 3. The molecule has 2 N–H and O–H groups in total. The zero-order valence-corrected chi connectivity index (χ0v) is 17.6. The molecule has 7 heteroatoms. The van der Waals surface area contributed by atoms with Crippen LogP contribution in [0, 0.1) is 6.92 Å². The normalized spacial score (nSPS) is 10.4. The van der Waals surface area contributed by atoms with Crippen LogP contribution in [0.5, 0.6) is 5.75 Å². The maximum atomic E-state index is 13.0. The van der Waals surface area contributed by atoms with E-state index >= 15 is 0 Å². The van der Waals surface area contributed by atoms with Gasteiger partial charge in [0.05, 0.1) is 15.9 Å². The fourth-order valence-corrected chi connectivity index (χ4v) is 3.07. The van der Waals surface area contributed by atoms with E-state index in [4.69, 9.17) is 11.6 Å². The quantitative estimate of drug-likeness (QED) is 0.665. The number of amides is 1. The van der Waals surface area contributed by atoms with Crippen molar-refractivity contribution in [3.05, 3.63) is 69.0 Å². The largest absolute Gasteiger partial charge is 1.00 e. The molecule has 26 heavy (non-hydrogen) atoms. The van der Waals surface area contributed by atoms with E-state index in [1.807, 2.05) is 6.07 Å². The average molecular weight is 381 g/mol. The SMILES string of the molecule is CCN(C(=O)c1c(O)c2c(Cl)c(C)ccc2[nH]c1=O)c1ccccc1.[H-].[Na+]. The van der Waals surface area contributed by atoms with Crippen LogP contribution in [-0.2, 0) is 0 Å². The van der Waals surface area contributed by atoms with Crippen LogP contribution in [-0.4, -0.2) is 22.5 Å². The number of nitrogens with one attached hydrogen (secondary N) is 1. The summed E-state index contributed by atoms with van der Waals surface area (Å²) in [7, 11) is 0. The summed E-state index contributed by atoms with van der Waals surface area (Å²) in [6, 6.07) is 12.4. The molecule has 130 valence electrons. The van der Waals surface area contributed by atoms with Crippen LogP contribution in [0.15, 0.2) is 47.3 Å². The number of para-hydroxylation sites is 1. The Morgan fingerprint density at radius 1 is 1.23 bits per heavy atom. The van der Waals surface area contributed by atoms with E-state index in [9.17, 15) is 14.7 Å². The van der Waals surface area contributed by atoms with E-state index in [1.165, 1.54) is 4.90 Å². The van der Waals surface area contributed by atoms with Gasteiger partial charge < -0.3 is 16.4 Å². The molecule has 0 aliphatic carbocycles. The van der Waals surface area contributed by atoms with Crippen molar-refractivity contribution in [2.75, 3.05) is 11.4 Å². The van der Waals surface area contributed by atoms with Crippen LogP contribution < -0.4 is 40.0 Å². The smallest absolute Gasteiger partial charge is 1.00 e. The summed E-state index contributed by atoms with van der Waals surface area (Å²) in [5.74, 6) is -0.973. The number of aryl methyl sites for hydroxylation is 1. The number of aromatic hydroxyl groups is 1. The summed E-state index contributed by atoms with van der Waals surface area (Å²) in [6.45, 7) is 3.94. The van der Waals surface area contributed by atoms with Crippen molar-refractivity contribution in [1.29, 1.82) is 0 Å². The Bertz CT molecular complexity index is 1020. The number of fused-ring (bicyclic) bond motifs is 1. The number of pyridine rings is 1. The minimum absolute atomic E-state index is 0. The zero-order chi connectivity index (χ0) is 18.1. The van der Waals surface area contributed by atoms with Crippen LogP contribution >= 0.6 is 11.6 Å². The zero-order valence-electron chi connectivity index (χ0n) is 15.8. The van der Waals surface area contributed by atoms with E-state index in [0.717, 1.165) is 5.56 Å². The second kappa shape index (κ2) is 8.27. The molecule has 0 saturated heterocycles. The second-order valence-corrected chi connectivity index (χ2v) is 6.06. The number of aromatic nitrogens is 1. The van der Waals surface area contributed by atoms with Crippen molar-refractivity contribution in [3.8, 4) is 5.75 Å². The maximum Gasteiger partial charge on any atom is 1.00 e. The van der Waals surface area contributed by atoms with Crippen molar-refractivity contribution in [1.82, 2.24) is 4.98 Å². The van der Waals surface area contributed by atoms with E-state index in [0.29, 0.717) is 22.8 Å². The van der Waals surface area contributed by atoms with Crippen LogP contribution in [0.25, 0.3) is 10.9 Å². The van der Waals surface area contributed by atoms with Gasteiger partial charge >= 0.3 is 29.6 Å². The molecule has 0 spiro atoms. The molecule has 0 atom stereocenters. The third kappa shape index (κ3) is 3.53. The van der Waals surface area contributed by atoms with Gasteiger partial charge in [-0.15, -0.1) is 0 Å². The predicted octanol–water partition coefficient (Wildman–Crippen LogP) is 0.979. The van der Waals surface area contributed by atoms with E-state index in [2.05, 4.69) is 4.98 Å². The molecule has 5 nitrogen and oxygen atoms in total. The molecule has 0 fully saturated rings. The molecule has 0 bridgehead atoms. The summed E-state index contributed by atoms with van der Waals surface area (Å²) in [5.41, 5.74) is 0.807. The molecule has 1 aromatic heterocycles. The fraction of sp³-hybridized carbons (Fsp3) is 0.158. The standard InChI is InChI=1S/C19H17ClN2O3.Na.H/c1-3-22(12-7-5-4-6-8-12)19(25)15-17(23)14-13(21-18(15)24)10-9-11(2)16(14)20;;/h4-10H,3H2,1-2H3,(H2,21,23,24);;/q;+1;-1. The van der Waals surface area contributed by atoms with Crippen LogP contribution in [0.2, 0.25) is 5.02 Å². The molecular formula is C19H18ClN2NaO3. The number of benzene rings is 2. The number of hydrogen-bond donors (Lipinski definition) is 2. The van der Waals surface area contributed by atoms with Gasteiger partial charge in [-0.25, -0.2) is 0 Å². The topological polar surface area (TPSA) is 73.4 Å². The van der Waals surface area contributed by atoms with Gasteiger partial charge in [0, 0.05) is 12.2 Å². The molecule has 3 aromatic rings. The Morgan fingerprint density at radius 2 is 1.88 bits per heavy atom. The summed E-state index contributed by atoms with van der Waals surface area (Å²) in [6.07, 6.45) is 0. The van der Waals surface area contributed by atoms with Crippen molar-refractivity contribution in [2.45, 2.75) is 13.8 Å². The first-order chi connectivity index (χ1) is 12.0. The van der Waals surface area contributed by atoms with Crippen LogP contribution in [0.1, 0.15) is 24.3 Å². The van der Waals surface area contributed by atoms with Crippen molar-refractivity contribution in [3.63, 3.8) is 0 Å². The first-order valence-electron chi connectivity index (χ1n) is 7.86.